The van der Waals surface area contributed by atoms with Crippen LogP contribution in [-0.2, 0) is 37.9 Å². The first-order valence-electron chi connectivity index (χ1n) is 12.5. The summed E-state index contributed by atoms with van der Waals surface area (Å²) in [5, 5.41) is 0. The van der Waals surface area contributed by atoms with E-state index in [1.807, 2.05) is 43.3 Å². The number of rotatable bonds is 5. The average molecular weight is 497 g/mol. The minimum atomic E-state index is -0.843. The van der Waals surface area contributed by atoms with Crippen LogP contribution >= 0.6 is 0 Å². The van der Waals surface area contributed by atoms with E-state index >= 15 is 0 Å². The van der Waals surface area contributed by atoms with E-state index in [0.29, 0.717) is 18.8 Å². The lowest BCUT2D eigenvalue weighted by Gasteiger charge is -2.48. The summed E-state index contributed by atoms with van der Waals surface area (Å²) in [4.78, 5) is 13.1. The Morgan fingerprint density at radius 2 is 1.53 bits per heavy atom. The van der Waals surface area contributed by atoms with E-state index in [9.17, 15) is 4.79 Å². The Kier molecular flexibility index (Phi) is 5.81. The zero-order chi connectivity index (χ0) is 24.2. The Bertz CT molecular complexity index is 1080. The molecule has 5 heterocycles. The molecule has 0 radical (unpaired) electrons. The molecule has 9 nitrogen and oxygen atoms in total. The van der Waals surface area contributed by atoms with Gasteiger partial charge in [0.15, 0.2) is 25.0 Å². The fourth-order valence-electron chi connectivity index (χ4n) is 5.57. The maximum Gasteiger partial charge on any atom is 0.338 e. The highest BCUT2D eigenvalue weighted by Gasteiger charge is 2.63. The second-order valence-electron chi connectivity index (χ2n) is 9.86. The Morgan fingerprint density at radius 3 is 2.33 bits per heavy atom. The molecule has 36 heavy (non-hydrogen) atoms. The van der Waals surface area contributed by atoms with Crippen LogP contribution in [0.3, 0.4) is 0 Å². The molecule has 2 aromatic rings. The van der Waals surface area contributed by atoms with Gasteiger partial charge < -0.3 is 37.9 Å². The molecule has 2 bridgehead atoms. The topological polar surface area (TPSA) is 94.2 Å². The molecule has 0 amide bonds. The highest BCUT2D eigenvalue weighted by atomic mass is 16.8. The largest absolute Gasteiger partial charge is 0.453 e. The lowest BCUT2D eigenvalue weighted by molar-refractivity contribution is -0.360. The Morgan fingerprint density at radius 1 is 0.778 bits per heavy atom. The number of ether oxygens (including phenoxy) is 8. The molecule has 0 aromatic heterocycles. The van der Waals surface area contributed by atoms with Crippen LogP contribution in [0.1, 0.15) is 29.1 Å². The molecule has 0 N–H and O–H groups in total. The minimum Gasteiger partial charge on any atom is -0.453 e. The molecule has 5 aliphatic heterocycles. The van der Waals surface area contributed by atoms with Crippen molar-refractivity contribution in [2.45, 2.75) is 68.5 Å². The van der Waals surface area contributed by atoms with Crippen molar-refractivity contribution in [1.29, 1.82) is 0 Å². The summed E-state index contributed by atoms with van der Waals surface area (Å²) < 4.78 is 48.6. The van der Waals surface area contributed by atoms with Crippen molar-refractivity contribution in [3.63, 3.8) is 0 Å². The van der Waals surface area contributed by atoms with Crippen molar-refractivity contribution in [2.24, 2.45) is 5.92 Å². The van der Waals surface area contributed by atoms with Crippen LogP contribution in [0, 0.1) is 5.92 Å². The molecule has 0 aliphatic carbocycles. The van der Waals surface area contributed by atoms with E-state index in [0.717, 1.165) is 5.56 Å². The van der Waals surface area contributed by atoms with Gasteiger partial charge in [-0.15, -0.1) is 0 Å². The van der Waals surface area contributed by atoms with Gasteiger partial charge in [0.05, 0.1) is 24.9 Å². The second kappa shape index (κ2) is 9.18. The number of epoxide rings is 1. The molecular formula is C27H28O9. The third kappa shape index (κ3) is 4.05. The lowest BCUT2D eigenvalue weighted by atomic mass is 9.89. The van der Waals surface area contributed by atoms with Gasteiger partial charge in [0.1, 0.15) is 30.5 Å². The van der Waals surface area contributed by atoms with Crippen molar-refractivity contribution in [2.75, 3.05) is 13.2 Å². The van der Waals surface area contributed by atoms with Crippen LogP contribution in [0.4, 0.5) is 0 Å². The zero-order valence-corrected chi connectivity index (χ0v) is 19.7. The lowest BCUT2D eigenvalue weighted by Crippen LogP contribution is -2.61. The first kappa shape index (κ1) is 22.8. The Hall–Kier alpha value is -2.37. The average Bonchev–Trinajstić information content (AvgIpc) is 3.61. The van der Waals surface area contributed by atoms with Gasteiger partial charge in [-0.1, -0.05) is 55.5 Å². The molecular weight excluding hydrogens is 468 g/mol. The quantitative estimate of drug-likeness (QED) is 0.457. The van der Waals surface area contributed by atoms with Crippen LogP contribution in [0.15, 0.2) is 60.7 Å². The molecule has 7 rings (SSSR count). The summed E-state index contributed by atoms with van der Waals surface area (Å²) in [5.41, 5.74) is 1.38. The SMILES string of the molecule is C[C@@H]1C(OC(=O)c2ccccc2)[C@H](O[C@H]2C3O[C@H]3C3OC[C@H]2O3)OC2COC(c3ccccc3)O[C@H]21. The van der Waals surface area contributed by atoms with Gasteiger partial charge >= 0.3 is 5.97 Å². The highest BCUT2D eigenvalue weighted by Crippen LogP contribution is 2.45. The zero-order valence-electron chi connectivity index (χ0n) is 19.7. The molecule has 190 valence electrons. The first-order valence-corrected chi connectivity index (χ1v) is 12.5. The van der Waals surface area contributed by atoms with E-state index < -0.39 is 24.7 Å². The third-order valence-corrected chi connectivity index (χ3v) is 7.54. The number of carbonyl (C=O) groups excluding carboxylic acids is 1. The van der Waals surface area contributed by atoms with Crippen LogP contribution < -0.4 is 0 Å². The summed E-state index contributed by atoms with van der Waals surface area (Å²) in [6.45, 7) is 2.75. The van der Waals surface area contributed by atoms with Gasteiger partial charge in [-0.05, 0) is 12.1 Å². The Labute approximate surface area is 208 Å². The fourth-order valence-corrected chi connectivity index (χ4v) is 5.57. The predicted molar refractivity (Wildman–Crippen MR) is 122 cm³/mol. The molecule has 11 atom stereocenters. The van der Waals surface area contributed by atoms with Gasteiger partial charge in [0.2, 0.25) is 0 Å². The third-order valence-electron chi connectivity index (χ3n) is 7.54. The number of esters is 1. The predicted octanol–water partition coefficient (Wildman–Crippen LogP) is 2.59. The van der Waals surface area contributed by atoms with Gasteiger partial charge in [-0.2, -0.15) is 0 Å². The van der Waals surface area contributed by atoms with Gasteiger partial charge in [0, 0.05) is 11.5 Å². The van der Waals surface area contributed by atoms with Crippen molar-refractivity contribution >= 4 is 5.97 Å². The number of carbonyl (C=O) groups is 1. The summed E-state index contributed by atoms with van der Waals surface area (Å²) in [6.07, 6.45) is -4.08. The summed E-state index contributed by atoms with van der Waals surface area (Å²) in [6, 6.07) is 18.7. The maximum atomic E-state index is 13.1. The van der Waals surface area contributed by atoms with Crippen molar-refractivity contribution in [3.8, 4) is 0 Å². The maximum absolute atomic E-state index is 13.1. The first-order chi connectivity index (χ1) is 17.7. The van der Waals surface area contributed by atoms with E-state index in [1.165, 1.54) is 0 Å². The van der Waals surface area contributed by atoms with E-state index in [1.54, 1.807) is 24.3 Å². The van der Waals surface area contributed by atoms with Crippen LogP contribution in [0.2, 0.25) is 0 Å². The number of fused-ring (bicyclic) bond motifs is 5. The molecule has 5 saturated heterocycles. The number of benzene rings is 2. The second-order valence-corrected chi connectivity index (χ2v) is 9.86. The van der Waals surface area contributed by atoms with E-state index in [-0.39, 0.29) is 48.8 Å². The minimum absolute atomic E-state index is 0.125. The van der Waals surface area contributed by atoms with E-state index in [4.69, 9.17) is 37.9 Å². The van der Waals surface area contributed by atoms with Crippen molar-refractivity contribution < 1.29 is 42.7 Å². The smallest absolute Gasteiger partial charge is 0.338 e. The van der Waals surface area contributed by atoms with Crippen LogP contribution in [0.5, 0.6) is 0 Å². The number of hydrogen-bond acceptors (Lipinski definition) is 9. The summed E-state index contributed by atoms with van der Waals surface area (Å²) >= 11 is 0. The normalized spacial score (nSPS) is 42.8. The van der Waals surface area contributed by atoms with Gasteiger partial charge in [-0.25, -0.2) is 4.79 Å². The van der Waals surface area contributed by atoms with Crippen molar-refractivity contribution in [1.82, 2.24) is 0 Å². The molecule has 5 fully saturated rings. The summed E-state index contributed by atoms with van der Waals surface area (Å²) in [5.74, 6) is -0.677. The molecule has 5 aliphatic rings. The Balaban J connectivity index is 1.13. The monoisotopic (exact) mass is 496 g/mol. The standard InChI is InChI=1S/C27H28O9/c1-14-19-17(12-29-25(35-19)16-10-6-3-7-11-16)32-27(20(14)34-24(28)15-8-4-2-5-9-15)36-21-18-13-30-26(31-18)23-22(21)33-23/h2-11,14,17-23,25-27H,12-13H2,1H3/t14-,17?,18+,19-,20?,21+,22?,23+,25?,26?,27-/m0/s1. The van der Waals surface area contributed by atoms with E-state index in [2.05, 4.69) is 0 Å². The van der Waals surface area contributed by atoms with Crippen LogP contribution in [0.25, 0.3) is 0 Å². The molecule has 2 aromatic carbocycles. The molecule has 0 saturated carbocycles. The van der Waals surface area contributed by atoms with Crippen LogP contribution in [-0.4, -0.2) is 74.5 Å². The molecule has 0 spiro atoms. The summed E-state index contributed by atoms with van der Waals surface area (Å²) in [7, 11) is 0. The number of hydrogen-bond donors (Lipinski definition) is 0. The molecule has 9 heteroatoms. The highest BCUT2D eigenvalue weighted by molar-refractivity contribution is 5.89. The fraction of sp³-hybridized carbons (Fsp3) is 0.519. The molecule has 5 unspecified atom stereocenters. The van der Waals surface area contributed by atoms with Crippen molar-refractivity contribution in [3.05, 3.63) is 71.8 Å². The van der Waals surface area contributed by atoms with Gasteiger partial charge in [-0.3, -0.25) is 0 Å². The van der Waals surface area contributed by atoms with Gasteiger partial charge in [0.25, 0.3) is 0 Å².